The van der Waals surface area contributed by atoms with Crippen molar-refractivity contribution >= 4 is 15.9 Å². The van der Waals surface area contributed by atoms with Crippen LogP contribution in [-0.2, 0) is 7.05 Å². The fourth-order valence-electron chi connectivity index (χ4n) is 2.80. The highest BCUT2D eigenvalue weighted by molar-refractivity contribution is 9.10. The third kappa shape index (κ3) is 2.65. The first-order chi connectivity index (χ1) is 9.65. The standard InChI is InChI=1S/C15H17BrFN3/c1-20-9-13(12-7-11(16)4-5-14(12)17)15(19-20)10-3-2-6-18-8-10/h4-5,7,9-10,18H,2-3,6,8H2,1H3. The summed E-state index contributed by atoms with van der Waals surface area (Å²) in [4.78, 5) is 0. The molecular weight excluding hydrogens is 321 g/mol. The van der Waals surface area contributed by atoms with Gasteiger partial charge in [-0.25, -0.2) is 4.39 Å². The first kappa shape index (κ1) is 13.8. The minimum atomic E-state index is -0.203. The monoisotopic (exact) mass is 337 g/mol. The first-order valence-electron chi connectivity index (χ1n) is 6.85. The number of benzene rings is 1. The Kier molecular flexibility index (Phi) is 3.89. The van der Waals surface area contributed by atoms with Crippen molar-refractivity contribution in [1.82, 2.24) is 15.1 Å². The lowest BCUT2D eigenvalue weighted by Crippen LogP contribution is -2.28. The second kappa shape index (κ2) is 5.66. The lowest BCUT2D eigenvalue weighted by atomic mass is 9.91. The molecule has 1 fully saturated rings. The molecular formula is C15H17BrFN3. The van der Waals surface area contributed by atoms with Gasteiger partial charge in [0.2, 0.25) is 0 Å². The van der Waals surface area contributed by atoms with E-state index in [9.17, 15) is 4.39 Å². The van der Waals surface area contributed by atoms with Gasteiger partial charge in [0, 0.05) is 41.3 Å². The van der Waals surface area contributed by atoms with Crippen molar-refractivity contribution in [3.05, 3.63) is 40.4 Å². The van der Waals surface area contributed by atoms with Crippen molar-refractivity contribution in [2.45, 2.75) is 18.8 Å². The highest BCUT2D eigenvalue weighted by atomic mass is 79.9. The van der Waals surface area contributed by atoms with Crippen molar-refractivity contribution in [2.24, 2.45) is 7.05 Å². The van der Waals surface area contributed by atoms with Gasteiger partial charge < -0.3 is 5.32 Å². The molecule has 3 rings (SSSR count). The number of piperidine rings is 1. The van der Waals surface area contributed by atoms with Gasteiger partial charge in [0.1, 0.15) is 5.82 Å². The number of hydrogen-bond donors (Lipinski definition) is 1. The van der Waals surface area contributed by atoms with Crippen molar-refractivity contribution in [2.75, 3.05) is 13.1 Å². The fourth-order valence-corrected chi connectivity index (χ4v) is 3.16. The molecule has 1 atom stereocenters. The highest BCUT2D eigenvalue weighted by Gasteiger charge is 2.23. The highest BCUT2D eigenvalue weighted by Crippen LogP contribution is 2.34. The molecule has 1 aliphatic rings. The molecule has 0 amide bonds. The summed E-state index contributed by atoms with van der Waals surface area (Å²) in [6.07, 6.45) is 4.16. The molecule has 2 heterocycles. The molecule has 0 aliphatic carbocycles. The summed E-state index contributed by atoms with van der Waals surface area (Å²) in [6, 6.07) is 5.04. The van der Waals surface area contributed by atoms with Crippen LogP contribution in [0.4, 0.5) is 4.39 Å². The lowest BCUT2D eigenvalue weighted by molar-refractivity contribution is 0.452. The van der Waals surface area contributed by atoms with Crippen LogP contribution in [0.15, 0.2) is 28.9 Å². The van der Waals surface area contributed by atoms with E-state index in [1.807, 2.05) is 19.3 Å². The van der Waals surface area contributed by atoms with E-state index in [-0.39, 0.29) is 5.82 Å². The van der Waals surface area contributed by atoms with Crippen molar-refractivity contribution in [1.29, 1.82) is 0 Å². The number of aromatic nitrogens is 2. The average Bonchev–Trinajstić information content (AvgIpc) is 2.84. The molecule has 1 aliphatic heterocycles. The smallest absolute Gasteiger partial charge is 0.131 e. The van der Waals surface area contributed by atoms with Gasteiger partial charge in [-0.1, -0.05) is 15.9 Å². The van der Waals surface area contributed by atoms with Gasteiger partial charge in [-0.2, -0.15) is 5.10 Å². The van der Waals surface area contributed by atoms with Crippen LogP contribution >= 0.6 is 15.9 Å². The molecule has 1 unspecified atom stereocenters. The maximum absolute atomic E-state index is 14.1. The normalized spacial score (nSPS) is 19.2. The Morgan fingerprint density at radius 2 is 2.25 bits per heavy atom. The Hall–Kier alpha value is -1.20. The summed E-state index contributed by atoms with van der Waals surface area (Å²) < 4.78 is 16.8. The van der Waals surface area contributed by atoms with Crippen molar-refractivity contribution in [3.8, 4) is 11.1 Å². The van der Waals surface area contributed by atoms with Gasteiger partial charge in [-0.05, 0) is 37.6 Å². The van der Waals surface area contributed by atoms with Crippen LogP contribution in [0.1, 0.15) is 24.5 Å². The second-order valence-electron chi connectivity index (χ2n) is 5.27. The minimum absolute atomic E-state index is 0.203. The predicted octanol–water partition coefficient (Wildman–Crippen LogP) is 3.46. The van der Waals surface area contributed by atoms with Crippen LogP contribution in [0.2, 0.25) is 0 Å². The van der Waals surface area contributed by atoms with Crippen LogP contribution < -0.4 is 5.32 Å². The molecule has 1 N–H and O–H groups in total. The summed E-state index contributed by atoms with van der Waals surface area (Å²) in [5.41, 5.74) is 2.52. The quantitative estimate of drug-likeness (QED) is 0.909. The number of rotatable bonds is 2. The Labute approximate surface area is 126 Å². The number of hydrogen-bond acceptors (Lipinski definition) is 2. The predicted molar refractivity (Wildman–Crippen MR) is 81.1 cm³/mol. The zero-order chi connectivity index (χ0) is 14.1. The second-order valence-corrected chi connectivity index (χ2v) is 6.18. The van der Waals surface area contributed by atoms with Gasteiger partial charge in [0.05, 0.1) is 5.69 Å². The summed E-state index contributed by atoms with van der Waals surface area (Å²) in [6.45, 7) is 1.98. The molecule has 0 saturated carbocycles. The number of nitrogens with one attached hydrogen (secondary N) is 1. The van der Waals surface area contributed by atoms with Crippen LogP contribution in [-0.4, -0.2) is 22.9 Å². The summed E-state index contributed by atoms with van der Waals surface area (Å²) in [7, 11) is 1.89. The van der Waals surface area contributed by atoms with Gasteiger partial charge in [0.15, 0.2) is 0 Å². The van der Waals surface area contributed by atoms with Crippen LogP contribution in [0, 0.1) is 5.82 Å². The third-order valence-electron chi connectivity index (χ3n) is 3.76. The molecule has 5 heteroatoms. The van der Waals surface area contributed by atoms with Gasteiger partial charge >= 0.3 is 0 Å². The van der Waals surface area contributed by atoms with Gasteiger partial charge in [0.25, 0.3) is 0 Å². The molecule has 106 valence electrons. The molecule has 0 radical (unpaired) electrons. The van der Waals surface area contributed by atoms with E-state index in [1.165, 1.54) is 6.07 Å². The molecule has 0 spiro atoms. The Morgan fingerprint density at radius 3 is 3.00 bits per heavy atom. The van der Waals surface area contributed by atoms with Crippen molar-refractivity contribution in [3.63, 3.8) is 0 Å². The zero-order valence-corrected chi connectivity index (χ0v) is 13.0. The van der Waals surface area contributed by atoms with E-state index >= 15 is 0 Å². The molecule has 2 aromatic rings. The number of aryl methyl sites for hydroxylation is 1. The average molecular weight is 338 g/mol. The van der Waals surface area contributed by atoms with Gasteiger partial charge in [-0.15, -0.1) is 0 Å². The molecule has 1 aromatic carbocycles. The Morgan fingerprint density at radius 1 is 1.40 bits per heavy atom. The van der Waals surface area contributed by atoms with Gasteiger partial charge in [-0.3, -0.25) is 4.68 Å². The zero-order valence-electron chi connectivity index (χ0n) is 11.4. The maximum atomic E-state index is 14.1. The minimum Gasteiger partial charge on any atom is -0.316 e. The fraction of sp³-hybridized carbons (Fsp3) is 0.400. The number of halogens is 2. The lowest BCUT2D eigenvalue weighted by Gasteiger charge is -2.22. The molecule has 3 nitrogen and oxygen atoms in total. The molecule has 0 bridgehead atoms. The Bertz CT molecular complexity index is 618. The van der Waals surface area contributed by atoms with Crippen LogP contribution in [0.5, 0.6) is 0 Å². The van der Waals surface area contributed by atoms with Crippen molar-refractivity contribution < 1.29 is 4.39 Å². The SMILES string of the molecule is Cn1cc(-c2cc(Br)ccc2F)c(C2CCCNC2)n1. The largest absolute Gasteiger partial charge is 0.316 e. The summed E-state index contributed by atoms with van der Waals surface area (Å²) in [5, 5.41) is 7.97. The third-order valence-corrected chi connectivity index (χ3v) is 4.25. The maximum Gasteiger partial charge on any atom is 0.131 e. The van der Waals surface area contributed by atoms with E-state index in [1.54, 1.807) is 10.7 Å². The van der Waals surface area contributed by atoms with Crippen LogP contribution in [0.25, 0.3) is 11.1 Å². The van der Waals surface area contributed by atoms with E-state index < -0.39 is 0 Å². The molecule has 1 aromatic heterocycles. The molecule has 1 saturated heterocycles. The topological polar surface area (TPSA) is 29.9 Å². The molecule has 20 heavy (non-hydrogen) atoms. The first-order valence-corrected chi connectivity index (χ1v) is 7.64. The van der Waals surface area contributed by atoms with E-state index in [0.717, 1.165) is 41.7 Å². The Balaban J connectivity index is 2.06. The summed E-state index contributed by atoms with van der Waals surface area (Å²) in [5.74, 6) is 0.157. The number of nitrogens with zero attached hydrogens (tertiary/aromatic N) is 2. The summed E-state index contributed by atoms with van der Waals surface area (Å²) >= 11 is 3.41. The van der Waals surface area contributed by atoms with E-state index in [0.29, 0.717) is 11.5 Å². The van der Waals surface area contributed by atoms with E-state index in [2.05, 4.69) is 26.3 Å². The van der Waals surface area contributed by atoms with E-state index in [4.69, 9.17) is 0 Å². The van der Waals surface area contributed by atoms with Crippen LogP contribution in [0.3, 0.4) is 0 Å².